The summed E-state index contributed by atoms with van der Waals surface area (Å²) in [6.07, 6.45) is 4.44. The third kappa shape index (κ3) is 4.40. The van der Waals surface area contributed by atoms with Crippen molar-refractivity contribution < 1.29 is 0 Å². The Labute approximate surface area is 191 Å². The third-order valence-electron chi connectivity index (χ3n) is 5.49. The van der Waals surface area contributed by atoms with Gasteiger partial charge >= 0.3 is 0 Å². The van der Waals surface area contributed by atoms with E-state index in [1.54, 1.807) is 11.3 Å². The zero-order valence-electron chi connectivity index (χ0n) is 17.6. The number of nitrogens with one attached hydrogen (secondary N) is 1. The van der Waals surface area contributed by atoms with Gasteiger partial charge in [0.2, 0.25) is 0 Å². The van der Waals surface area contributed by atoms with E-state index in [0.29, 0.717) is 6.54 Å². The van der Waals surface area contributed by atoms with E-state index in [9.17, 15) is 0 Å². The number of thiophene rings is 1. The summed E-state index contributed by atoms with van der Waals surface area (Å²) in [4.78, 5) is 10.4. The molecular formula is C27H24N4S. The molecule has 3 heterocycles. The van der Waals surface area contributed by atoms with Gasteiger partial charge in [-0.3, -0.25) is 4.98 Å². The van der Waals surface area contributed by atoms with Crippen LogP contribution in [0.1, 0.15) is 5.56 Å². The predicted molar refractivity (Wildman–Crippen MR) is 135 cm³/mol. The average Bonchev–Trinajstić information content (AvgIpc) is 3.28. The fourth-order valence-electron chi connectivity index (χ4n) is 3.90. The highest BCUT2D eigenvalue weighted by molar-refractivity contribution is 7.15. The first-order chi connectivity index (χ1) is 15.8. The summed E-state index contributed by atoms with van der Waals surface area (Å²) in [6.45, 7) is 0.652. The molecule has 0 spiro atoms. The number of nitrogens with zero attached hydrogens (tertiary/aromatic N) is 2. The largest absolute Gasteiger partial charge is 0.368 e. The molecule has 0 aliphatic carbocycles. The topological polar surface area (TPSA) is 63.8 Å². The minimum Gasteiger partial charge on any atom is -0.368 e. The number of aromatic nitrogens is 2. The van der Waals surface area contributed by atoms with E-state index < -0.39 is 0 Å². The Morgan fingerprint density at radius 2 is 1.66 bits per heavy atom. The summed E-state index contributed by atoms with van der Waals surface area (Å²) in [5.41, 5.74) is 10.7. The monoisotopic (exact) mass is 436 g/mol. The van der Waals surface area contributed by atoms with Crippen LogP contribution in [0.5, 0.6) is 0 Å². The minimum absolute atomic E-state index is 0.00416. The normalized spacial score (nSPS) is 12.0. The summed E-state index contributed by atoms with van der Waals surface area (Å²) in [5, 5.41) is 8.14. The van der Waals surface area contributed by atoms with Crippen molar-refractivity contribution in [1.29, 1.82) is 0 Å². The van der Waals surface area contributed by atoms with Crippen molar-refractivity contribution in [2.75, 3.05) is 11.9 Å². The number of hydrogen-bond acceptors (Lipinski definition) is 5. The lowest BCUT2D eigenvalue weighted by atomic mass is 10.0. The quantitative estimate of drug-likeness (QED) is 0.328. The second kappa shape index (κ2) is 9.30. The van der Waals surface area contributed by atoms with Crippen LogP contribution in [-0.4, -0.2) is 22.6 Å². The van der Waals surface area contributed by atoms with Gasteiger partial charge in [-0.1, -0.05) is 54.6 Å². The number of hydrogen-bond donors (Lipinski definition) is 2. The Balaban J connectivity index is 1.44. The molecule has 1 unspecified atom stereocenters. The molecule has 5 heteroatoms. The minimum atomic E-state index is 0.00416. The van der Waals surface area contributed by atoms with Gasteiger partial charge < -0.3 is 11.1 Å². The van der Waals surface area contributed by atoms with E-state index in [0.717, 1.165) is 29.1 Å². The molecule has 0 amide bonds. The van der Waals surface area contributed by atoms with Crippen LogP contribution in [0.25, 0.3) is 32.5 Å². The van der Waals surface area contributed by atoms with E-state index >= 15 is 0 Å². The molecule has 5 aromatic rings. The molecule has 2 aromatic carbocycles. The van der Waals surface area contributed by atoms with Crippen molar-refractivity contribution in [2.45, 2.75) is 12.5 Å². The first-order valence-corrected chi connectivity index (χ1v) is 11.6. The second-order valence-electron chi connectivity index (χ2n) is 7.81. The highest BCUT2D eigenvalue weighted by Gasteiger charge is 2.15. The number of nitrogens with two attached hydrogens (primary N) is 1. The molecule has 0 aliphatic heterocycles. The van der Waals surface area contributed by atoms with Gasteiger partial charge in [0.25, 0.3) is 0 Å². The standard InChI is InChI=1S/C27H24N4S/c28-22(16-19-6-2-1-3-7-19)17-30-25-11-10-24(26(31-25)20-12-14-29-15-13-20)27-23-9-5-4-8-21(23)18-32-27/h1-15,18,22H,16-17,28H2,(H,30,31). The summed E-state index contributed by atoms with van der Waals surface area (Å²) < 4.78 is 0. The maximum atomic E-state index is 6.38. The van der Waals surface area contributed by atoms with E-state index in [-0.39, 0.29) is 6.04 Å². The molecule has 32 heavy (non-hydrogen) atoms. The lowest BCUT2D eigenvalue weighted by Gasteiger charge is -2.15. The molecule has 0 radical (unpaired) electrons. The Hall–Kier alpha value is -3.54. The molecule has 5 rings (SSSR count). The highest BCUT2D eigenvalue weighted by Crippen LogP contribution is 2.39. The van der Waals surface area contributed by atoms with Gasteiger partial charge in [0.15, 0.2) is 0 Å². The van der Waals surface area contributed by atoms with Crippen molar-refractivity contribution in [3.05, 3.63) is 102 Å². The zero-order valence-corrected chi connectivity index (χ0v) is 18.4. The molecule has 4 nitrogen and oxygen atoms in total. The van der Waals surface area contributed by atoms with Crippen LogP contribution in [0.3, 0.4) is 0 Å². The summed E-state index contributed by atoms with van der Waals surface area (Å²) >= 11 is 1.75. The van der Waals surface area contributed by atoms with Crippen LogP contribution in [0.2, 0.25) is 0 Å². The van der Waals surface area contributed by atoms with Crippen molar-refractivity contribution >= 4 is 27.9 Å². The Bertz CT molecular complexity index is 1320. The molecule has 1 atom stereocenters. The Kier molecular flexibility index (Phi) is 5.92. The van der Waals surface area contributed by atoms with Crippen LogP contribution < -0.4 is 11.1 Å². The highest BCUT2D eigenvalue weighted by atomic mass is 32.1. The summed E-state index contributed by atoms with van der Waals surface area (Å²) in [7, 11) is 0. The van der Waals surface area contributed by atoms with Crippen molar-refractivity contribution in [1.82, 2.24) is 9.97 Å². The predicted octanol–water partition coefficient (Wildman–Crippen LogP) is 6.01. The molecule has 0 saturated carbocycles. The van der Waals surface area contributed by atoms with Crippen molar-refractivity contribution in [2.24, 2.45) is 5.73 Å². The van der Waals surface area contributed by atoms with Gasteiger partial charge in [-0.25, -0.2) is 4.98 Å². The number of pyridine rings is 2. The van der Waals surface area contributed by atoms with E-state index in [4.69, 9.17) is 10.7 Å². The van der Waals surface area contributed by atoms with Gasteiger partial charge in [0.05, 0.1) is 5.69 Å². The molecule has 158 valence electrons. The number of fused-ring (bicyclic) bond motifs is 1. The Morgan fingerprint density at radius 1 is 0.875 bits per heavy atom. The van der Waals surface area contributed by atoms with Gasteiger partial charge in [-0.05, 0) is 47.0 Å². The van der Waals surface area contributed by atoms with Crippen LogP contribution >= 0.6 is 11.3 Å². The van der Waals surface area contributed by atoms with Crippen LogP contribution in [-0.2, 0) is 6.42 Å². The lowest BCUT2D eigenvalue weighted by molar-refractivity contribution is 0.698. The zero-order chi connectivity index (χ0) is 21.8. The number of rotatable bonds is 7. The fourth-order valence-corrected chi connectivity index (χ4v) is 4.95. The smallest absolute Gasteiger partial charge is 0.126 e. The van der Waals surface area contributed by atoms with E-state index in [1.165, 1.54) is 21.2 Å². The SMILES string of the molecule is NC(CNc1ccc(-c2scc3ccccc23)c(-c2ccncc2)n1)Cc1ccccc1. The summed E-state index contributed by atoms with van der Waals surface area (Å²) in [5.74, 6) is 0.824. The third-order valence-corrected chi connectivity index (χ3v) is 6.54. The van der Waals surface area contributed by atoms with Gasteiger partial charge in [0, 0.05) is 46.4 Å². The van der Waals surface area contributed by atoms with Crippen LogP contribution in [0.4, 0.5) is 5.82 Å². The van der Waals surface area contributed by atoms with Gasteiger partial charge in [0.1, 0.15) is 5.82 Å². The number of anilines is 1. The summed E-state index contributed by atoms with van der Waals surface area (Å²) in [6, 6.07) is 27.0. The van der Waals surface area contributed by atoms with Crippen molar-refractivity contribution in [3.63, 3.8) is 0 Å². The lowest BCUT2D eigenvalue weighted by Crippen LogP contribution is -2.31. The Morgan fingerprint density at radius 3 is 2.50 bits per heavy atom. The van der Waals surface area contributed by atoms with Crippen molar-refractivity contribution in [3.8, 4) is 21.7 Å². The van der Waals surface area contributed by atoms with E-state index in [2.05, 4.69) is 58.1 Å². The first kappa shape index (κ1) is 20.4. The van der Waals surface area contributed by atoms with Crippen LogP contribution in [0.15, 0.2) is 96.6 Å². The molecule has 3 aromatic heterocycles. The molecule has 0 aliphatic rings. The molecule has 0 saturated heterocycles. The maximum Gasteiger partial charge on any atom is 0.126 e. The average molecular weight is 437 g/mol. The second-order valence-corrected chi connectivity index (χ2v) is 8.69. The maximum absolute atomic E-state index is 6.38. The fraction of sp³-hybridized carbons (Fsp3) is 0.111. The molecule has 0 bridgehead atoms. The van der Waals surface area contributed by atoms with Gasteiger partial charge in [-0.15, -0.1) is 11.3 Å². The van der Waals surface area contributed by atoms with E-state index in [1.807, 2.05) is 48.8 Å². The molecule has 0 fully saturated rings. The molecule has 3 N–H and O–H groups in total. The van der Waals surface area contributed by atoms with Crippen LogP contribution in [0, 0.1) is 0 Å². The van der Waals surface area contributed by atoms with Gasteiger partial charge in [-0.2, -0.15) is 0 Å². The number of benzene rings is 2. The molecular weight excluding hydrogens is 412 g/mol. The first-order valence-electron chi connectivity index (χ1n) is 10.7.